The Morgan fingerprint density at radius 1 is 1.11 bits per heavy atom. The molecule has 106 valence electrons. The summed E-state index contributed by atoms with van der Waals surface area (Å²) >= 11 is 0. The van der Waals surface area contributed by atoms with Crippen LogP contribution in [-0.4, -0.2) is 32.0 Å². The van der Waals surface area contributed by atoms with Crippen molar-refractivity contribution in [3.05, 3.63) is 12.7 Å². The Bertz CT molecular complexity index is 282. The SMILES string of the molecule is C=CC(=O)[Si](OC(C)C)(OC(C)C)OC(C)(C)C. The standard InChI is InChI=1S/C13H26O4Si/c1-9-12(14)18(15-10(2)3,16-11(4)5)17-13(6,7)8/h9-11H,1H2,2-8H3. The molecule has 0 N–H and O–H groups in total. The van der Waals surface area contributed by atoms with E-state index in [0.29, 0.717) is 0 Å². The van der Waals surface area contributed by atoms with Crippen molar-refractivity contribution in [3.63, 3.8) is 0 Å². The number of rotatable bonds is 7. The van der Waals surface area contributed by atoms with Crippen LogP contribution in [0, 0.1) is 0 Å². The molecule has 0 rings (SSSR count). The molecule has 0 fully saturated rings. The lowest BCUT2D eigenvalue weighted by Gasteiger charge is -2.36. The van der Waals surface area contributed by atoms with Crippen molar-refractivity contribution in [3.8, 4) is 0 Å². The predicted octanol–water partition coefficient (Wildman–Crippen LogP) is 2.88. The van der Waals surface area contributed by atoms with Gasteiger partial charge in [0.15, 0.2) is 0 Å². The van der Waals surface area contributed by atoms with Crippen LogP contribution in [0.15, 0.2) is 12.7 Å². The molecule has 4 nitrogen and oxygen atoms in total. The number of hydrogen-bond donors (Lipinski definition) is 0. The van der Waals surface area contributed by atoms with Crippen LogP contribution < -0.4 is 0 Å². The van der Waals surface area contributed by atoms with Crippen LogP contribution in [0.4, 0.5) is 0 Å². The maximum absolute atomic E-state index is 12.2. The maximum atomic E-state index is 12.2. The summed E-state index contributed by atoms with van der Waals surface area (Å²) in [7, 11) is -3.42. The molecule has 0 heterocycles. The highest BCUT2D eigenvalue weighted by Crippen LogP contribution is 2.23. The highest BCUT2D eigenvalue weighted by Gasteiger charge is 2.53. The average molecular weight is 274 g/mol. The quantitative estimate of drug-likeness (QED) is 0.529. The molecule has 18 heavy (non-hydrogen) atoms. The zero-order valence-corrected chi connectivity index (χ0v) is 13.6. The molecule has 0 aliphatic rings. The molecule has 0 aromatic rings. The molecular formula is C13H26O4Si. The minimum absolute atomic E-state index is 0.151. The Kier molecular flexibility index (Phi) is 6.43. The van der Waals surface area contributed by atoms with Crippen molar-refractivity contribution >= 4 is 14.2 Å². The average Bonchev–Trinajstić information content (AvgIpc) is 2.10. The van der Waals surface area contributed by atoms with Crippen molar-refractivity contribution in [2.75, 3.05) is 0 Å². The van der Waals surface area contributed by atoms with E-state index in [2.05, 4.69) is 6.58 Å². The Labute approximate surface area is 112 Å². The summed E-state index contributed by atoms with van der Waals surface area (Å²) in [4.78, 5) is 12.2. The van der Waals surface area contributed by atoms with Crippen molar-refractivity contribution < 1.29 is 18.1 Å². The van der Waals surface area contributed by atoms with Crippen LogP contribution in [-0.2, 0) is 18.1 Å². The van der Waals surface area contributed by atoms with E-state index in [1.54, 1.807) is 0 Å². The fourth-order valence-corrected chi connectivity index (χ4v) is 4.17. The molecule has 0 unspecified atom stereocenters. The summed E-state index contributed by atoms with van der Waals surface area (Å²) in [5, 5.41) is -0.292. The minimum atomic E-state index is -3.42. The fourth-order valence-electron chi connectivity index (χ4n) is 1.39. The van der Waals surface area contributed by atoms with Crippen molar-refractivity contribution in [1.82, 2.24) is 0 Å². The number of hydrogen-bond acceptors (Lipinski definition) is 4. The van der Waals surface area contributed by atoms with Gasteiger partial charge in [-0.15, -0.1) is 0 Å². The molecule has 0 spiro atoms. The summed E-state index contributed by atoms with van der Waals surface area (Å²) in [6.07, 6.45) is 0.922. The molecule has 0 radical (unpaired) electrons. The van der Waals surface area contributed by atoms with Crippen molar-refractivity contribution in [1.29, 1.82) is 0 Å². The fraction of sp³-hybridized carbons (Fsp3) is 0.769. The van der Waals surface area contributed by atoms with Gasteiger partial charge in [0.1, 0.15) is 0 Å². The first-order chi connectivity index (χ1) is 8.02. The summed E-state index contributed by atoms with van der Waals surface area (Å²) in [5.41, 5.74) is -0.519. The number of carbonyl (C=O) groups is 1. The third-order valence-corrected chi connectivity index (χ3v) is 4.96. The number of allylic oxidation sites excluding steroid dienone is 1. The molecule has 0 aliphatic carbocycles. The Hall–Kier alpha value is -0.493. The van der Waals surface area contributed by atoms with Gasteiger partial charge in [-0.1, -0.05) is 6.58 Å². The first-order valence-electron chi connectivity index (χ1n) is 6.25. The Morgan fingerprint density at radius 3 is 1.72 bits per heavy atom. The summed E-state index contributed by atoms with van der Waals surface area (Å²) in [6.45, 7) is 16.6. The first kappa shape index (κ1) is 17.5. The van der Waals surface area contributed by atoms with Crippen molar-refractivity contribution in [2.24, 2.45) is 0 Å². The van der Waals surface area contributed by atoms with Gasteiger partial charge in [0.25, 0.3) is 0 Å². The van der Waals surface area contributed by atoms with E-state index >= 15 is 0 Å². The topological polar surface area (TPSA) is 44.8 Å². The molecule has 0 atom stereocenters. The molecule has 0 bridgehead atoms. The normalized spacial score (nSPS) is 13.2. The molecule has 0 amide bonds. The van der Waals surface area contributed by atoms with Crippen LogP contribution in [0.25, 0.3) is 0 Å². The number of carbonyl (C=O) groups excluding carboxylic acids is 1. The maximum Gasteiger partial charge on any atom is 0.580 e. The highest BCUT2D eigenvalue weighted by molar-refractivity contribution is 6.94. The second-order valence-corrected chi connectivity index (χ2v) is 7.95. The molecule has 0 aliphatic heterocycles. The van der Waals surface area contributed by atoms with Gasteiger partial charge in [0, 0.05) is 12.2 Å². The lowest BCUT2D eigenvalue weighted by molar-refractivity contribution is -0.120. The van der Waals surface area contributed by atoms with Crippen LogP contribution >= 0.6 is 0 Å². The van der Waals surface area contributed by atoms with Crippen LogP contribution in [0.2, 0.25) is 0 Å². The van der Waals surface area contributed by atoms with E-state index in [4.69, 9.17) is 13.3 Å². The lowest BCUT2D eigenvalue weighted by Crippen LogP contribution is -2.58. The monoisotopic (exact) mass is 274 g/mol. The molecule has 0 saturated heterocycles. The largest absolute Gasteiger partial charge is 0.580 e. The van der Waals surface area contributed by atoms with E-state index in [1.807, 2.05) is 48.5 Å². The van der Waals surface area contributed by atoms with Gasteiger partial charge in [0.05, 0.1) is 5.60 Å². The molecule has 0 aromatic heterocycles. The minimum Gasteiger partial charge on any atom is -0.366 e. The lowest BCUT2D eigenvalue weighted by atomic mass is 10.2. The van der Waals surface area contributed by atoms with Gasteiger partial charge < -0.3 is 13.3 Å². The third-order valence-electron chi connectivity index (χ3n) is 1.71. The van der Waals surface area contributed by atoms with Crippen LogP contribution in [0.1, 0.15) is 48.5 Å². The Morgan fingerprint density at radius 2 is 1.50 bits per heavy atom. The molecule has 5 heteroatoms. The second-order valence-electron chi connectivity index (χ2n) is 5.67. The Balaban J connectivity index is 5.38. The van der Waals surface area contributed by atoms with Gasteiger partial charge in [0.2, 0.25) is 5.41 Å². The summed E-state index contributed by atoms with van der Waals surface area (Å²) < 4.78 is 17.4. The van der Waals surface area contributed by atoms with E-state index < -0.39 is 14.4 Å². The second kappa shape index (κ2) is 6.61. The van der Waals surface area contributed by atoms with E-state index in [0.717, 1.165) is 0 Å². The predicted molar refractivity (Wildman–Crippen MR) is 74.2 cm³/mol. The first-order valence-corrected chi connectivity index (χ1v) is 7.97. The third kappa shape index (κ3) is 5.91. The van der Waals surface area contributed by atoms with Gasteiger partial charge in [-0.3, -0.25) is 4.79 Å². The summed E-state index contributed by atoms with van der Waals surface area (Å²) in [6, 6.07) is 0. The van der Waals surface area contributed by atoms with E-state index in [1.165, 1.54) is 6.08 Å². The van der Waals surface area contributed by atoms with Crippen molar-refractivity contribution in [2.45, 2.75) is 66.3 Å². The van der Waals surface area contributed by atoms with Gasteiger partial charge in [-0.25, -0.2) is 0 Å². The molecule has 0 saturated carbocycles. The zero-order chi connectivity index (χ0) is 14.6. The van der Waals surface area contributed by atoms with E-state index in [9.17, 15) is 4.79 Å². The van der Waals surface area contributed by atoms with Gasteiger partial charge in [-0.05, 0) is 54.5 Å². The molecular weight excluding hydrogens is 248 g/mol. The van der Waals surface area contributed by atoms with Gasteiger partial charge in [-0.2, -0.15) is 0 Å². The smallest absolute Gasteiger partial charge is 0.366 e. The highest BCUT2D eigenvalue weighted by atomic mass is 28.4. The van der Waals surface area contributed by atoms with Crippen LogP contribution in [0.3, 0.4) is 0 Å². The summed E-state index contributed by atoms with van der Waals surface area (Å²) in [5.74, 6) is 0. The van der Waals surface area contributed by atoms with E-state index in [-0.39, 0.29) is 17.6 Å². The molecule has 0 aromatic carbocycles. The van der Waals surface area contributed by atoms with Crippen LogP contribution in [0.5, 0.6) is 0 Å². The van der Waals surface area contributed by atoms with Gasteiger partial charge >= 0.3 is 8.80 Å². The zero-order valence-electron chi connectivity index (χ0n) is 12.6.